The van der Waals surface area contributed by atoms with Crippen molar-refractivity contribution in [2.45, 2.75) is 39.7 Å². The number of aliphatic hydroxyl groups is 1. The van der Waals surface area contributed by atoms with Crippen molar-refractivity contribution in [3.8, 4) is 0 Å². The Bertz CT molecular complexity index is 158. The van der Waals surface area contributed by atoms with Crippen LogP contribution in [0.25, 0.3) is 0 Å². The molecule has 0 atom stereocenters. The van der Waals surface area contributed by atoms with Gasteiger partial charge in [0.05, 0.1) is 5.60 Å². The molecule has 0 aliphatic carbocycles. The lowest BCUT2D eigenvalue weighted by Gasteiger charge is -2.17. The monoisotopic (exact) mass is 154 g/mol. The standard InChI is InChI=1S/C10H18O/c1-5-7-9(6-2)8-10(3,4)11/h5-7,11H,8H2,1-4H3. The van der Waals surface area contributed by atoms with E-state index in [0.717, 1.165) is 0 Å². The van der Waals surface area contributed by atoms with Gasteiger partial charge in [0.1, 0.15) is 0 Å². The maximum absolute atomic E-state index is 9.47. The summed E-state index contributed by atoms with van der Waals surface area (Å²) in [5, 5.41) is 9.47. The largest absolute Gasteiger partial charge is 0.390 e. The van der Waals surface area contributed by atoms with Gasteiger partial charge in [-0.2, -0.15) is 0 Å². The molecule has 0 saturated heterocycles. The van der Waals surface area contributed by atoms with Crippen LogP contribution in [0.15, 0.2) is 23.8 Å². The van der Waals surface area contributed by atoms with Crippen LogP contribution in [0.4, 0.5) is 0 Å². The lowest BCUT2D eigenvalue weighted by molar-refractivity contribution is 0.0818. The Balaban J connectivity index is 4.12. The van der Waals surface area contributed by atoms with Crippen molar-refractivity contribution in [3.63, 3.8) is 0 Å². The van der Waals surface area contributed by atoms with Gasteiger partial charge in [-0.25, -0.2) is 0 Å². The minimum atomic E-state index is -0.596. The van der Waals surface area contributed by atoms with Gasteiger partial charge in [-0.05, 0) is 33.3 Å². The molecule has 0 bridgehead atoms. The zero-order chi connectivity index (χ0) is 8.91. The zero-order valence-corrected chi connectivity index (χ0v) is 7.89. The average Bonchev–Trinajstić information content (AvgIpc) is 1.84. The van der Waals surface area contributed by atoms with Crippen molar-refractivity contribution >= 4 is 0 Å². The Labute approximate surface area is 69.4 Å². The van der Waals surface area contributed by atoms with Gasteiger partial charge in [0.2, 0.25) is 0 Å². The lowest BCUT2D eigenvalue weighted by atomic mass is 9.98. The molecule has 0 spiro atoms. The van der Waals surface area contributed by atoms with Crippen LogP contribution in [0.1, 0.15) is 34.1 Å². The number of rotatable bonds is 3. The van der Waals surface area contributed by atoms with Gasteiger partial charge in [0.25, 0.3) is 0 Å². The smallest absolute Gasteiger partial charge is 0.0631 e. The highest BCUT2D eigenvalue weighted by molar-refractivity contribution is 5.18. The molecule has 0 aromatic carbocycles. The summed E-state index contributed by atoms with van der Waals surface area (Å²) in [6.07, 6.45) is 6.75. The molecule has 0 heterocycles. The van der Waals surface area contributed by atoms with Gasteiger partial charge in [-0.3, -0.25) is 0 Å². The first-order valence-electron chi connectivity index (χ1n) is 4.00. The molecule has 0 aromatic heterocycles. The van der Waals surface area contributed by atoms with Crippen LogP contribution in [-0.4, -0.2) is 10.7 Å². The predicted molar refractivity (Wildman–Crippen MR) is 49.5 cm³/mol. The molecule has 0 unspecified atom stereocenters. The second-order valence-corrected chi connectivity index (χ2v) is 3.35. The highest BCUT2D eigenvalue weighted by Gasteiger charge is 2.12. The van der Waals surface area contributed by atoms with E-state index < -0.39 is 5.60 Å². The summed E-state index contributed by atoms with van der Waals surface area (Å²) in [7, 11) is 0. The second-order valence-electron chi connectivity index (χ2n) is 3.35. The predicted octanol–water partition coefficient (Wildman–Crippen LogP) is 2.67. The van der Waals surface area contributed by atoms with Crippen molar-refractivity contribution in [1.29, 1.82) is 0 Å². The molecule has 0 aromatic rings. The Morgan fingerprint density at radius 1 is 1.36 bits per heavy atom. The van der Waals surface area contributed by atoms with E-state index in [1.165, 1.54) is 5.57 Å². The Morgan fingerprint density at radius 2 is 1.91 bits per heavy atom. The van der Waals surface area contributed by atoms with Crippen molar-refractivity contribution in [2.24, 2.45) is 0 Å². The third kappa shape index (κ3) is 5.86. The minimum Gasteiger partial charge on any atom is -0.390 e. The second kappa shape index (κ2) is 4.35. The first-order valence-corrected chi connectivity index (χ1v) is 4.00. The van der Waals surface area contributed by atoms with E-state index in [1.54, 1.807) is 0 Å². The lowest BCUT2D eigenvalue weighted by Crippen LogP contribution is -2.18. The summed E-state index contributed by atoms with van der Waals surface area (Å²) >= 11 is 0. The molecule has 0 aliphatic heterocycles. The van der Waals surface area contributed by atoms with Crippen LogP contribution in [0.5, 0.6) is 0 Å². The maximum Gasteiger partial charge on any atom is 0.0631 e. The molecule has 0 aliphatic rings. The first kappa shape index (κ1) is 10.4. The van der Waals surface area contributed by atoms with Crippen LogP contribution >= 0.6 is 0 Å². The third-order valence-electron chi connectivity index (χ3n) is 1.39. The molecular formula is C10H18O. The fraction of sp³-hybridized carbons (Fsp3) is 0.600. The van der Waals surface area contributed by atoms with Crippen LogP contribution in [0.3, 0.4) is 0 Å². The van der Waals surface area contributed by atoms with E-state index in [-0.39, 0.29) is 0 Å². The van der Waals surface area contributed by atoms with Crippen LogP contribution in [0, 0.1) is 0 Å². The minimum absolute atomic E-state index is 0.596. The molecule has 11 heavy (non-hydrogen) atoms. The van der Waals surface area contributed by atoms with Gasteiger partial charge in [-0.15, -0.1) is 0 Å². The summed E-state index contributed by atoms with van der Waals surface area (Å²) in [4.78, 5) is 0. The maximum atomic E-state index is 9.47. The van der Waals surface area contributed by atoms with Crippen LogP contribution < -0.4 is 0 Å². The Morgan fingerprint density at radius 3 is 2.18 bits per heavy atom. The zero-order valence-electron chi connectivity index (χ0n) is 7.89. The van der Waals surface area contributed by atoms with Gasteiger partial charge >= 0.3 is 0 Å². The first-order chi connectivity index (χ1) is 4.99. The molecule has 0 amide bonds. The summed E-state index contributed by atoms with van der Waals surface area (Å²) in [5.74, 6) is 0. The van der Waals surface area contributed by atoms with E-state index in [4.69, 9.17) is 0 Å². The summed E-state index contributed by atoms with van der Waals surface area (Å²) in [5.41, 5.74) is 0.585. The summed E-state index contributed by atoms with van der Waals surface area (Å²) in [6, 6.07) is 0. The van der Waals surface area contributed by atoms with Crippen LogP contribution in [-0.2, 0) is 0 Å². The topological polar surface area (TPSA) is 20.2 Å². The van der Waals surface area contributed by atoms with Gasteiger partial charge in [0.15, 0.2) is 0 Å². The highest BCUT2D eigenvalue weighted by atomic mass is 16.3. The molecule has 1 nitrogen and oxygen atoms in total. The Kier molecular flexibility index (Phi) is 4.12. The molecule has 0 rings (SSSR count). The quantitative estimate of drug-likeness (QED) is 0.620. The number of hydrogen-bond donors (Lipinski definition) is 1. The summed E-state index contributed by atoms with van der Waals surface area (Å²) < 4.78 is 0. The molecular weight excluding hydrogens is 136 g/mol. The van der Waals surface area contributed by atoms with E-state index in [9.17, 15) is 5.11 Å². The molecule has 1 heteroatoms. The van der Waals surface area contributed by atoms with Crippen molar-refractivity contribution in [3.05, 3.63) is 23.8 Å². The Hall–Kier alpha value is -0.560. The molecule has 0 fully saturated rings. The third-order valence-corrected chi connectivity index (χ3v) is 1.39. The fourth-order valence-electron chi connectivity index (χ4n) is 0.971. The van der Waals surface area contributed by atoms with E-state index in [0.29, 0.717) is 6.42 Å². The van der Waals surface area contributed by atoms with Gasteiger partial charge in [0, 0.05) is 6.42 Å². The molecule has 0 saturated carbocycles. The van der Waals surface area contributed by atoms with Crippen molar-refractivity contribution in [1.82, 2.24) is 0 Å². The number of allylic oxidation sites excluding steroid dienone is 3. The van der Waals surface area contributed by atoms with Gasteiger partial charge < -0.3 is 5.11 Å². The number of hydrogen-bond acceptors (Lipinski definition) is 1. The van der Waals surface area contributed by atoms with Crippen molar-refractivity contribution < 1.29 is 5.11 Å². The van der Waals surface area contributed by atoms with Crippen molar-refractivity contribution in [2.75, 3.05) is 0 Å². The molecule has 0 radical (unpaired) electrons. The van der Waals surface area contributed by atoms with Gasteiger partial charge in [-0.1, -0.05) is 18.2 Å². The molecule has 1 N–H and O–H groups in total. The van der Waals surface area contributed by atoms with E-state index in [1.807, 2.05) is 45.9 Å². The van der Waals surface area contributed by atoms with E-state index >= 15 is 0 Å². The highest BCUT2D eigenvalue weighted by Crippen LogP contribution is 2.15. The van der Waals surface area contributed by atoms with Crippen LogP contribution in [0.2, 0.25) is 0 Å². The summed E-state index contributed by atoms with van der Waals surface area (Å²) in [6.45, 7) is 7.61. The van der Waals surface area contributed by atoms with E-state index in [2.05, 4.69) is 0 Å². The fourth-order valence-corrected chi connectivity index (χ4v) is 0.971. The average molecular weight is 154 g/mol. The molecule has 64 valence electrons. The SMILES string of the molecule is CC=CC(=CC)CC(C)(C)O. The normalized spacial score (nSPS) is 14.5.